The van der Waals surface area contributed by atoms with E-state index in [0.29, 0.717) is 22.2 Å². The maximum atomic E-state index is 14.7. The molecule has 2 atom stereocenters. The fourth-order valence-electron chi connectivity index (χ4n) is 5.50. The van der Waals surface area contributed by atoms with Gasteiger partial charge in [0.1, 0.15) is 36.1 Å². The van der Waals surface area contributed by atoms with E-state index in [9.17, 15) is 23.2 Å². The Balaban J connectivity index is 1.26. The van der Waals surface area contributed by atoms with Gasteiger partial charge in [0.05, 0.1) is 24.6 Å². The molecule has 6 rings (SSSR count). The number of hydrogen-bond acceptors (Lipinski definition) is 6. The first-order valence-corrected chi connectivity index (χ1v) is 13.7. The Kier molecular flexibility index (Phi) is 7.26. The van der Waals surface area contributed by atoms with Crippen LogP contribution in [0.15, 0.2) is 73.2 Å². The van der Waals surface area contributed by atoms with Crippen molar-refractivity contribution in [3.8, 4) is 16.8 Å². The number of halogens is 2. The van der Waals surface area contributed by atoms with Crippen LogP contribution in [0, 0.1) is 12.7 Å². The molecule has 1 aliphatic rings. The molecule has 0 radical (unpaired) electrons. The van der Waals surface area contributed by atoms with Crippen molar-refractivity contribution >= 4 is 34.3 Å². The summed E-state index contributed by atoms with van der Waals surface area (Å²) in [6, 6.07) is 13.8. The summed E-state index contributed by atoms with van der Waals surface area (Å²) >= 11 is 0. The minimum Gasteiger partial charge on any atom is -0.337 e. The van der Waals surface area contributed by atoms with Gasteiger partial charge < -0.3 is 14.8 Å². The molecule has 4 heterocycles. The van der Waals surface area contributed by atoms with Gasteiger partial charge in [-0.1, -0.05) is 18.2 Å². The summed E-state index contributed by atoms with van der Waals surface area (Å²) in [5.41, 5.74) is 3.40. The Morgan fingerprint density at radius 2 is 1.86 bits per heavy atom. The average Bonchev–Trinajstić information content (AvgIpc) is 3.68. The smallest absolute Gasteiger partial charge is 0.248 e. The zero-order valence-corrected chi connectivity index (χ0v) is 23.4. The van der Waals surface area contributed by atoms with Crippen molar-refractivity contribution in [3.05, 3.63) is 90.3 Å². The highest BCUT2D eigenvalue weighted by Crippen LogP contribution is 2.29. The molecule has 5 aromatic rings. The molecule has 0 spiro atoms. The summed E-state index contributed by atoms with van der Waals surface area (Å²) in [4.78, 5) is 40.7. The zero-order valence-electron chi connectivity index (χ0n) is 23.4. The topological polar surface area (TPSA) is 115 Å². The number of fused-ring (bicyclic) bond motifs is 1. The van der Waals surface area contributed by atoms with Gasteiger partial charge in [-0.15, -0.1) is 0 Å². The van der Waals surface area contributed by atoms with E-state index in [0.717, 1.165) is 11.1 Å². The number of carbonyl (C=O) groups is 3. The second kappa shape index (κ2) is 11.2. The lowest BCUT2D eigenvalue weighted by Gasteiger charge is -2.24. The van der Waals surface area contributed by atoms with Gasteiger partial charge in [-0.2, -0.15) is 15.3 Å². The van der Waals surface area contributed by atoms with E-state index in [1.165, 1.54) is 28.6 Å². The third kappa shape index (κ3) is 5.39. The van der Waals surface area contributed by atoms with Crippen molar-refractivity contribution in [2.24, 2.45) is 0 Å². The van der Waals surface area contributed by atoms with Gasteiger partial charge in [-0.05, 0) is 49.7 Å². The van der Waals surface area contributed by atoms with E-state index < -0.39 is 29.8 Å². The monoisotopic (exact) mass is 583 g/mol. The number of alkyl halides is 1. The first-order valence-electron chi connectivity index (χ1n) is 13.7. The molecule has 0 saturated carbocycles. The lowest BCUT2D eigenvalue weighted by molar-refractivity contribution is -0.137. The third-order valence-electron chi connectivity index (χ3n) is 7.52. The SMILES string of the molecule is CC(=O)c1cn(CC(=O)N2C[C@H](F)C[C@H]2C(=O)Nc2cc(C)nn2-c2ccccc2F)c2ccc(-c3ccnnc3)cc12. The van der Waals surface area contributed by atoms with E-state index in [4.69, 9.17) is 0 Å². The minimum absolute atomic E-state index is 0.137. The van der Waals surface area contributed by atoms with Crippen LogP contribution in [0.2, 0.25) is 0 Å². The number of hydrogen-bond donors (Lipinski definition) is 1. The summed E-state index contributed by atoms with van der Waals surface area (Å²) in [6.45, 7) is 2.69. The van der Waals surface area contributed by atoms with E-state index in [1.807, 2.05) is 18.2 Å². The van der Waals surface area contributed by atoms with Crippen molar-refractivity contribution in [1.29, 1.82) is 0 Å². The molecule has 1 aliphatic heterocycles. The van der Waals surface area contributed by atoms with E-state index in [1.54, 1.807) is 54.3 Å². The number of amides is 2. The van der Waals surface area contributed by atoms with Crippen LogP contribution in [0.1, 0.15) is 29.4 Å². The van der Waals surface area contributed by atoms with Gasteiger partial charge in [0.15, 0.2) is 5.78 Å². The van der Waals surface area contributed by atoms with Crippen molar-refractivity contribution in [1.82, 2.24) is 29.4 Å². The van der Waals surface area contributed by atoms with Crippen molar-refractivity contribution < 1.29 is 23.2 Å². The fraction of sp³-hybridized carbons (Fsp3) is 0.226. The molecule has 12 heteroatoms. The lowest BCUT2D eigenvalue weighted by Crippen LogP contribution is -2.44. The average molecular weight is 584 g/mol. The van der Waals surface area contributed by atoms with Crippen molar-refractivity contribution in [2.45, 2.75) is 39.0 Å². The molecule has 0 unspecified atom stereocenters. The van der Waals surface area contributed by atoms with Crippen molar-refractivity contribution in [3.63, 3.8) is 0 Å². The summed E-state index contributed by atoms with van der Waals surface area (Å²) in [6.07, 6.45) is 3.21. The Morgan fingerprint density at radius 3 is 2.60 bits per heavy atom. The van der Waals surface area contributed by atoms with Crippen LogP contribution >= 0.6 is 0 Å². The van der Waals surface area contributed by atoms with E-state index in [-0.39, 0.29) is 36.8 Å². The first kappa shape index (κ1) is 27.9. The van der Waals surface area contributed by atoms with Crippen LogP contribution in [-0.2, 0) is 16.1 Å². The van der Waals surface area contributed by atoms with Gasteiger partial charge >= 0.3 is 0 Å². The molecule has 2 amide bonds. The van der Waals surface area contributed by atoms with Crippen LogP contribution in [0.4, 0.5) is 14.6 Å². The first-order chi connectivity index (χ1) is 20.7. The van der Waals surface area contributed by atoms with Gasteiger partial charge in [0.25, 0.3) is 0 Å². The number of nitrogens with zero attached hydrogens (tertiary/aromatic N) is 6. The molecule has 43 heavy (non-hydrogen) atoms. The number of likely N-dealkylation sites (tertiary alicyclic amines) is 1. The molecule has 3 aromatic heterocycles. The molecule has 1 fully saturated rings. The Labute approximate surface area is 244 Å². The second-order valence-electron chi connectivity index (χ2n) is 10.5. The number of Topliss-reactive ketones (excluding diaryl/α,β-unsaturated/α-hetero) is 1. The van der Waals surface area contributed by atoms with Gasteiger partial charge in [-0.3, -0.25) is 14.4 Å². The molecule has 1 N–H and O–H groups in total. The molecule has 0 aliphatic carbocycles. The Morgan fingerprint density at radius 1 is 1.05 bits per heavy atom. The van der Waals surface area contributed by atoms with Crippen LogP contribution in [0.5, 0.6) is 0 Å². The highest BCUT2D eigenvalue weighted by Gasteiger charge is 2.40. The van der Waals surface area contributed by atoms with Crippen LogP contribution in [-0.4, -0.2) is 65.8 Å². The van der Waals surface area contributed by atoms with E-state index in [2.05, 4.69) is 20.6 Å². The summed E-state index contributed by atoms with van der Waals surface area (Å²) in [5.74, 6) is -1.59. The highest BCUT2D eigenvalue weighted by molar-refractivity contribution is 6.08. The molecule has 10 nitrogen and oxygen atoms in total. The molecular formula is C31H27F2N7O3. The van der Waals surface area contributed by atoms with Crippen LogP contribution in [0.3, 0.4) is 0 Å². The molecule has 2 aromatic carbocycles. The maximum absolute atomic E-state index is 14.7. The van der Waals surface area contributed by atoms with Gasteiger partial charge in [0, 0.05) is 40.7 Å². The second-order valence-corrected chi connectivity index (χ2v) is 10.5. The number of anilines is 1. The standard InChI is InChI=1S/C31H27F2N7O3/c1-18-11-29(40(37-18)27-6-4-3-5-25(27)33)36-31(43)28-13-22(32)15-39(28)30(42)17-38-16-24(19(2)41)23-12-20(7-8-26(23)38)21-9-10-34-35-14-21/h3-12,14,16,22,28H,13,15,17H2,1-2H3,(H,36,43)/t22-,28+/m1/s1. The third-order valence-corrected chi connectivity index (χ3v) is 7.52. The van der Waals surface area contributed by atoms with Crippen LogP contribution in [0.25, 0.3) is 27.7 Å². The normalized spacial score (nSPS) is 16.5. The predicted octanol–water partition coefficient (Wildman–Crippen LogP) is 4.51. The summed E-state index contributed by atoms with van der Waals surface area (Å²) in [7, 11) is 0. The Bertz CT molecular complexity index is 1870. The Hall–Kier alpha value is -5.26. The number of carbonyl (C=O) groups excluding carboxylic acids is 3. The number of aryl methyl sites for hydroxylation is 1. The number of rotatable bonds is 7. The lowest BCUT2D eigenvalue weighted by atomic mass is 10.0. The number of benzene rings is 2. The van der Waals surface area contributed by atoms with E-state index >= 15 is 0 Å². The zero-order chi connectivity index (χ0) is 30.2. The maximum Gasteiger partial charge on any atom is 0.248 e. The van der Waals surface area contributed by atoms with Gasteiger partial charge in [0.2, 0.25) is 11.8 Å². The summed E-state index contributed by atoms with van der Waals surface area (Å²) < 4.78 is 32.1. The largest absolute Gasteiger partial charge is 0.337 e. The number of nitrogens with one attached hydrogen (secondary N) is 1. The number of para-hydroxylation sites is 1. The predicted molar refractivity (Wildman–Crippen MR) is 155 cm³/mol. The fourth-order valence-corrected chi connectivity index (χ4v) is 5.50. The molecule has 1 saturated heterocycles. The highest BCUT2D eigenvalue weighted by atomic mass is 19.1. The van der Waals surface area contributed by atoms with Crippen LogP contribution < -0.4 is 5.32 Å². The van der Waals surface area contributed by atoms with Gasteiger partial charge in [-0.25, -0.2) is 13.5 Å². The molecule has 0 bridgehead atoms. The molecular weight excluding hydrogens is 556 g/mol. The van der Waals surface area contributed by atoms with Crippen molar-refractivity contribution in [2.75, 3.05) is 11.9 Å². The number of aromatic nitrogens is 5. The summed E-state index contributed by atoms with van der Waals surface area (Å²) in [5, 5.41) is 15.4. The quantitative estimate of drug-likeness (QED) is 0.282. The number of ketones is 1. The molecule has 218 valence electrons. The minimum atomic E-state index is -1.40.